The molecule has 1 saturated heterocycles. The summed E-state index contributed by atoms with van der Waals surface area (Å²) in [6.07, 6.45) is 4.15. The zero-order valence-electron chi connectivity index (χ0n) is 16.0. The van der Waals surface area contributed by atoms with Crippen molar-refractivity contribution in [3.63, 3.8) is 0 Å². The Balaban J connectivity index is 1.59. The van der Waals surface area contributed by atoms with Gasteiger partial charge in [0.1, 0.15) is 5.82 Å². The van der Waals surface area contributed by atoms with Gasteiger partial charge in [-0.25, -0.2) is 4.39 Å². The van der Waals surface area contributed by atoms with Crippen LogP contribution in [0.15, 0.2) is 48.5 Å². The van der Waals surface area contributed by atoms with E-state index >= 15 is 0 Å². The standard InChI is InChI=1S/C22H25FN2O2S/c1-28-13-11-21(26)25-12-3-5-18(15-25)22(27)24-20-9-7-16(8-10-20)17-4-2-6-19(23)14-17/h2,4,6-10,14,18H,3,5,11-13,15H2,1H3,(H,24,27)/t18-/m1/s1. The number of carbonyl (C=O) groups is 2. The van der Waals surface area contributed by atoms with Crippen molar-refractivity contribution in [1.82, 2.24) is 4.90 Å². The normalized spacial score (nSPS) is 16.6. The SMILES string of the molecule is CSCCC(=O)N1CCC[C@@H](C(=O)Nc2ccc(-c3cccc(F)c3)cc2)C1. The predicted octanol–water partition coefficient (Wildman–Crippen LogP) is 4.42. The van der Waals surface area contributed by atoms with E-state index in [9.17, 15) is 14.0 Å². The van der Waals surface area contributed by atoms with Gasteiger partial charge in [0.15, 0.2) is 0 Å². The minimum atomic E-state index is -0.274. The smallest absolute Gasteiger partial charge is 0.229 e. The van der Waals surface area contributed by atoms with E-state index < -0.39 is 0 Å². The van der Waals surface area contributed by atoms with E-state index in [1.165, 1.54) is 12.1 Å². The zero-order valence-corrected chi connectivity index (χ0v) is 16.8. The number of nitrogens with zero attached hydrogens (tertiary/aromatic N) is 1. The van der Waals surface area contributed by atoms with Crippen molar-refractivity contribution in [2.24, 2.45) is 5.92 Å². The summed E-state index contributed by atoms with van der Waals surface area (Å²) in [5.74, 6) is 0.426. The molecule has 1 heterocycles. The largest absolute Gasteiger partial charge is 0.342 e. The van der Waals surface area contributed by atoms with E-state index in [-0.39, 0.29) is 23.5 Å². The topological polar surface area (TPSA) is 49.4 Å². The van der Waals surface area contributed by atoms with Crippen molar-refractivity contribution in [3.8, 4) is 11.1 Å². The molecule has 0 aliphatic carbocycles. The lowest BCUT2D eigenvalue weighted by Crippen LogP contribution is -2.43. The van der Waals surface area contributed by atoms with Gasteiger partial charge >= 0.3 is 0 Å². The Kier molecular flexibility index (Phi) is 7.09. The highest BCUT2D eigenvalue weighted by atomic mass is 32.2. The van der Waals surface area contributed by atoms with E-state index in [4.69, 9.17) is 0 Å². The highest BCUT2D eigenvalue weighted by Crippen LogP contribution is 2.24. The molecular formula is C22H25FN2O2S. The molecule has 28 heavy (non-hydrogen) atoms. The predicted molar refractivity (Wildman–Crippen MR) is 113 cm³/mol. The van der Waals surface area contributed by atoms with Crippen LogP contribution in [0.25, 0.3) is 11.1 Å². The Labute approximate surface area is 169 Å². The summed E-state index contributed by atoms with van der Waals surface area (Å²) in [6, 6.07) is 13.8. The van der Waals surface area contributed by atoms with Crippen molar-refractivity contribution in [1.29, 1.82) is 0 Å². The van der Waals surface area contributed by atoms with Crippen molar-refractivity contribution >= 4 is 29.3 Å². The van der Waals surface area contributed by atoms with E-state index in [1.54, 1.807) is 17.8 Å². The Morgan fingerprint density at radius 1 is 1.18 bits per heavy atom. The molecule has 2 amide bonds. The van der Waals surface area contributed by atoms with E-state index in [1.807, 2.05) is 41.5 Å². The van der Waals surface area contributed by atoms with E-state index in [2.05, 4.69) is 5.32 Å². The average Bonchev–Trinajstić information content (AvgIpc) is 2.72. The van der Waals surface area contributed by atoms with Crippen LogP contribution >= 0.6 is 11.8 Å². The lowest BCUT2D eigenvalue weighted by Gasteiger charge is -2.32. The third-order valence-electron chi connectivity index (χ3n) is 4.98. The van der Waals surface area contributed by atoms with Gasteiger partial charge in [0.05, 0.1) is 5.92 Å². The lowest BCUT2D eigenvalue weighted by atomic mass is 9.96. The van der Waals surface area contributed by atoms with Gasteiger partial charge in [0.2, 0.25) is 11.8 Å². The summed E-state index contributed by atoms with van der Waals surface area (Å²) in [4.78, 5) is 26.7. The maximum atomic E-state index is 13.4. The number of thioether (sulfide) groups is 1. The Morgan fingerprint density at radius 2 is 1.96 bits per heavy atom. The summed E-state index contributed by atoms with van der Waals surface area (Å²) in [6.45, 7) is 1.22. The molecule has 0 saturated carbocycles. The van der Waals surface area contributed by atoms with Crippen LogP contribution < -0.4 is 5.32 Å². The molecule has 6 heteroatoms. The maximum Gasteiger partial charge on any atom is 0.229 e. The minimum Gasteiger partial charge on any atom is -0.342 e. The summed E-state index contributed by atoms with van der Waals surface area (Å²) in [7, 11) is 0. The van der Waals surface area contributed by atoms with Gasteiger partial charge in [-0.05, 0) is 54.5 Å². The molecule has 148 valence electrons. The number of piperidine rings is 1. The first-order valence-corrected chi connectivity index (χ1v) is 10.9. The number of benzene rings is 2. The molecule has 1 fully saturated rings. The third kappa shape index (κ3) is 5.35. The Morgan fingerprint density at radius 3 is 2.68 bits per heavy atom. The molecule has 0 spiro atoms. The summed E-state index contributed by atoms with van der Waals surface area (Å²) in [5.41, 5.74) is 2.39. The molecule has 2 aromatic carbocycles. The quantitative estimate of drug-likeness (QED) is 0.781. The minimum absolute atomic E-state index is 0.0547. The number of rotatable bonds is 6. The second kappa shape index (κ2) is 9.73. The van der Waals surface area contributed by atoms with Crippen molar-refractivity contribution in [2.45, 2.75) is 19.3 Å². The van der Waals surface area contributed by atoms with Crippen LogP contribution in [-0.4, -0.2) is 41.8 Å². The fourth-order valence-electron chi connectivity index (χ4n) is 3.42. The summed E-state index contributed by atoms with van der Waals surface area (Å²) < 4.78 is 13.4. The third-order valence-corrected chi connectivity index (χ3v) is 5.59. The summed E-state index contributed by atoms with van der Waals surface area (Å²) >= 11 is 1.66. The van der Waals surface area contributed by atoms with Crippen LogP contribution in [0, 0.1) is 11.7 Å². The number of hydrogen-bond donors (Lipinski definition) is 1. The Bertz CT molecular complexity index is 826. The molecule has 1 aliphatic rings. The first-order chi connectivity index (χ1) is 13.6. The number of likely N-dealkylation sites (tertiary alicyclic amines) is 1. The number of amides is 2. The van der Waals surface area contributed by atoms with Crippen LogP contribution in [0.1, 0.15) is 19.3 Å². The van der Waals surface area contributed by atoms with Gasteiger partial charge in [-0.3, -0.25) is 9.59 Å². The molecule has 1 atom stereocenters. The van der Waals surface area contributed by atoms with Gasteiger partial charge in [-0.2, -0.15) is 11.8 Å². The van der Waals surface area contributed by atoms with Crippen LogP contribution in [0.4, 0.5) is 10.1 Å². The molecule has 0 radical (unpaired) electrons. The number of nitrogens with one attached hydrogen (secondary N) is 1. The zero-order chi connectivity index (χ0) is 19.9. The van der Waals surface area contributed by atoms with E-state index in [0.29, 0.717) is 18.7 Å². The molecule has 0 unspecified atom stereocenters. The number of halogens is 1. The molecule has 1 N–H and O–H groups in total. The van der Waals surface area contributed by atoms with Gasteiger partial charge < -0.3 is 10.2 Å². The number of anilines is 1. The molecule has 3 rings (SSSR count). The summed E-state index contributed by atoms with van der Waals surface area (Å²) in [5, 5.41) is 2.95. The number of carbonyl (C=O) groups excluding carboxylic acids is 2. The first-order valence-electron chi connectivity index (χ1n) is 9.50. The molecule has 1 aliphatic heterocycles. The second-order valence-corrected chi connectivity index (χ2v) is 7.98. The fourth-order valence-corrected chi connectivity index (χ4v) is 3.80. The highest BCUT2D eigenvalue weighted by molar-refractivity contribution is 7.98. The van der Waals surface area contributed by atoms with Crippen molar-refractivity contribution in [3.05, 3.63) is 54.3 Å². The number of hydrogen-bond acceptors (Lipinski definition) is 3. The van der Waals surface area contributed by atoms with E-state index in [0.717, 1.165) is 36.3 Å². The van der Waals surface area contributed by atoms with Crippen LogP contribution in [-0.2, 0) is 9.59 Å². The van der Waals surface area contributed by atoms with Crippen molar-refractivity contribution < 1.29 is 14.0 Å². The average molecular weight is 401 g/mol. The van der Waals surface area contributed by atoms with Crippen molar-refractivity contribution in [2.75, 3.05) is 30.4 Å². The first kappa shape index (κ1) is 20.4. The van der Waals surface area contributed by atoms with Gasteiger partial charge in [-0.15, -0.1) is 0 Å². The molecule has 0 aromatic heterocycles. The molecule has 0 bridgehead atoms. The van der Waals surface area contributed by atoms with Gasteiger partial charge in [-0.1, -0.05) is 24.3 Å². The van der Waals surface area contributed by atoms with Crippen LogP contribution in [0.2, 0.25) is 0 Å². The van der Waals surface area contributed by atoms with Gasteiger partial charge in [0, 0.05) is 31.0 Å². The molecular weight excluding hydrogens is 375 g/mol. The second-order valence-electron chi connectivity index (χ2n) is 7.00. The highest BCUT2D eigenvalue weighted by Gasteiger charge is 2.28. The van der Waals surface area contributed by atoms with Crippen LogP contribution in [0.5, 0.6) is 0 Å². The lowest BCUT2D eigenvalue weighted by molar-refractivity contribution is -0.134. The maximum absolute atomic E-state index is 13.4. The monoisotopic (exact) mass is 400 g/mol. The molecule has 4 nitrogen and oxygen atoms in total. The molecule has 2 aromatic rings. The fraction of sp³-hybridized carbons (Fsp3) is 0.364. The van der Waals surface area contributed by atoms with Gasteiger partial charge in [0.25, 0.3) is 0 Å². The van der Waals surface area contributed by atoms with Crippen LogP contribution in [0.3, 0.4) is 0 Å². The Hall–Kier alpha value is -2.34.